The maximum atomic E-state index is 12.2. The zero-order valence-corrected chi connectivity index (χ0v) is 13.6. The van der Waals surface area contributed by atoms with Gasteiger partial charge in [0.2, 0.25) is 5.95 Å². The molecule has 3 aromatic rings. The first-order valence-electron chi connectivity index (χ1n) is 7.46. The van der Waals surface area contributed by atoms with E-state index in [0.717, 1.165) is 5.82 Å². The average Bonchev–Trinajstić information content (AvgIpc) is 3.01. The molecule has 134 valence electrons. The van der Waals surface area contributed by atoms with E-state index in [1.165, 1.54) is 30.6 Å². The zero-order chi connectivity index (χ0) is 18.5. The second-order valence-corrected chi connectivity index (χ2v) is 5.10. The number of aryl methyl sites for hydroxylation is 1. The number of hydrogen-bond donors (Lipinski definition) is 2. The number of nitrogens with zero attached hydrogens (tertiary/aromatic N) is 4. The summed E-state index contributed by atoms with van der Waals surface area (Å²) in [5, 5.41) is 5.06. The molecule has 2 N–H and O–H groups in total. The summed E-state index contributed by atoms with van der Waals surface area (Å²) in [6.07, 6.45) is 6.23. The summed E-state index contributed by atoms with van der Waals surface area (Å²) >= 11 is 0. The fourth-order valence-electron chi connectivity index (χ4n) is 2.14. The van der Waals surface area contributed by atoms with Crippen molar-refractivity contribution in [3.8, 4) is 11.7 Å². The monoisotopic (exact) mass is 360 g/mol. The standard InChI is InChI=1S/C16H14F2N6O2/c1-10-19-5-6-24(10)15-20-8-12(9-21-15)23-16(25)22-11-3-2-4-13(7-11)26-14(17)18/h2-9,14H,1H3,(H2,22,23,25). The largest absolute Gasteiger partial charge is 0.435 e. The molecule has 1 aromatic carbocycles. The zero-order valence-electron chi connectivity index (χ0n) is 13.6. The predicted molar refractivity (Wildman–Crippen MR) is 89.6 cm³/mol. The van der Waals surface area contributed by atoms with Crippen molar-refractivity contribution in [2.45, 2.75) is 13.5 Å². The topological polar surface area (TPSA) is 94.0 Å². The molecule has 0 atom stereocenters. The van der Waals surface area contributed by atoms with Crippen molar-refractivity contribution < 1.29 is 18.3 Å². The van der Waals surface area contributed by atoms with Crippen molar-refractivity contribution in [2.24, 2.45) is 0 Å². The van der Waals surface area contributed by atoms with Crippen molar-refractivity contribution in [3.63, 3.8) is 0 Å². The van der Waals surface area contributed by atoms with Crippen LogP contribution in [0.3, 0.4) is 0 Å². The molecule has 10 heteroatoms. The van der Waals surface area contributed by atoms with E-state index < -0.39 is 12.6 Å². The van der Waals surface area contributed by atoms with Crippen LogP contribution in [0.5, 0.6) is 5.75 Å². The number of benzene rings is 1. The van der Waals surface area contributed by atoms with Crippen molar-refractivity contribution in [1.82, 2.24) is 19.5 Å². The van der Waals surface area contributed by atoms with Gasteiger partial charge >= 0.3 is 12.6 Å². The van der Waals surface area contributed by atoms with Gasteiger partial charge in [0.05, 0.1) is 18.1 Å². The van der Waals surface area contributed by atoms with Crippen LogP contribution in [-0.2, 0) is 0 Å². The van der Waals surface area contributed by atoms with Crippen LogP contribution < -0.4 is 15.4 Å². The van der Waals surface area contributed by atoms with Gasteiger partial charge in [-0.05, 0) is 19.1 Å². The summed E-state index contributed by atoms with van der Waals surface area (Å²) < 4.78 is 30.4. The molecule has 0 spiro atoms. The molecular formula is C16H14F2N6O2. The van der Waals surface area contributed by atoms with Gasteiger partial charge in [-0.2, -0.15) is 8.78 Å². The number of anilines is 2. The number of ether oxygens (including phenoxy) is 1. The Kier molecular flexibility index (Phi) is 5.02. The van der Waals surface area contributed by atoms with Gasteiger partial charge in [0.25, 0.3) is 0 Å². The van der Waals surface area contributed by atoms with E-state index in [1.54, 1.807) is 23.0 Å². The number of amides is 2. The summed E-state index contributed by atoms with van der Waals surface area (Å²) in [5.41, 5.74) is 0.663. The highest BCUT2D eigenvalue weighted by Gasteiger charge is 2.08. The minimum atomic E-state index is -2.94. The number of nitrogens with one attached hydrogen (secondary N) is 2. The van der Waals surface area contributed by atoms with Crippen molar-refractivity contribution in [3.05, 3.63) is 54.9 Å². The molecular weight excluding hydrogens is 346 g/mol. The normalized spacial score (nSPS) is 10.6. The molecule has 26 heavy (non-hydrogen) atoms. The Morgan fingerprint density at radius 3 is 2.54 bits per heavy atom. The summed E-state index contributed by atoms with van der Waals surface area (Å²) in [5.74, 6) is 1.10. The van der Waals surface area contributed by atoms with Crippen LogP contribution in [0.15, 0.2) is 49.1 Å². The van der Waals surface area contributed by atoms with Crippen molar-refractivity contribution in [1.29, 1.82) is 0 Å². The second-order valence-electron chi connectivity index (χ2n) is 5.10. The second kappa shape index (κ2) is 7.55. The first kappa shape index (κ1) is 17.3. The third kappa shape index (κ3) is 4.29. The maximum absolute atomic E-state index is 12.2. The highest BCUT2D eigenvalue weighted by Crippen LogP contribution is 2.19. The van der Waals surface area contributed by atoms with E-state index in [4.69, 9.17) is 0 Å². The first-order valence-corrected chi connectivity index (χ1v) is 7.46. The highest BCUT2D eigenvalue weighted by atomic mass is 19.3. The summed E-state index contributed by atoms with van der Waals surface area (Å²) in [6.45, 7) is -1.12. The smallest absolute Gasteiger partial charge is 0.387 e. The summed E-state index contributed by atoms with van der Waals surface area (Å²) in [6, 6.07) is 5.10. The minimum absolute atomic E-state index is 0.0545. The summed E-state index contributed by atoms with van der Waals surface area (Å²) in [4.78, 5) is 24.4. The molecule has 0 bridgehead atoms. The van der Waals surface area contributed by atoms with Gasteiger partial charge < -0.3 is 15.4 Å². The Bertz CT molecular complexity index is 898. The van der Waals surface area contributed by atoms with Crippen LogP contribution in [0.4, 0.5) is 25.0 Å². The predicted octanol–water partition coefficient (Wildman–Crippen LogP) is 3.22. The van der Waals surface area contributed by atoms with Crippen molar-refractivity contribution >= 4 is 17.4 Å². The van der Waals surface area contributed by atoms with Gasteiger partial charge in [-0.25, -0.2) is 19.7 Å². The SMILES string of the molecule is Cc1nccn1-c1ncc(NC(=O)Nc2cccc(OC(F)F)c2)cn1. The van der Waals surface area contributed by atoms with Crippen LogP contribution in [0, 0.1) is 6.92 Å². The van der Waals surface area contributed by atoms with Crippen LogP contribution in [0.2, 0.25) is 0 Å². The third-order valence-corrected chi connectivity index (χ3v) is 3.25. The number of halogens is 2. The quantitative estimate of drug-likeness (QED) is 0.729. The lowest BCUT2D eigenvalue weighted by Gasteiger charge is -2.10. The number of hydrogen-bond acceptors (Lipinski definition) is 5. The molecule has 2 heterocycles. The van der Waals surface area contributed by atoms with E-state index in [0.29, 0.717) is 17.3 Å². The molecule has 0 unspecified atom stereocenters. The van der Waals surface area contributed by atoms with E-state index in [9.17, 15) is 13.6 Å². The first-order chi connectivity index (χ1) is 12.5. The molecule has 8 nitrogen and oxygen atoms in total. The Hall–Kier alpha value is -3.56. The van der Waals surface area contributed by atoms with E-state index >= 15 is 0 Å². The number of urea groups is 1. The fraction of sp³-hybridized carbons (Fsp3) is 0.125. The molecule has 0 saturated carbocycles. The Balaban J connectivity index is 1.62. The van der Waals surface area contributed by atoms with E-state index in [-0.39, 0.29) is 5.75 Å². The van der Waals surface area contributed by atoms with Gasteiger partial charge in [-0.15, -0.1) is 0 Å². The molecule has 2 amide bonds. The van der Waals surface area contributed by atoms with Gasteiger partial charge in [0.15, 0.2) is 0 Å². The van der Waals surface area contributed by atoms with Gasteiger partial charge in [0.1, 0.15) is 11.6 Å². The molecule has 0 aliphatic rings. The van der Waals surface area contributed by atoms with Gasteiger partial charge in [-0.3, -0.25) is 4.57 Å². The molecule has 0 saturated heterocycles. The van der Waals surface area contributed by atoms with E-state index in [2.05, 4.69) is 30.3 Å². The Labute approximate surface area is 146 Å². The number of imidazole rings is 1. The minimum Gasteiger partial charge on any atom is -0.435 e. The number of carbonyl (C=O) groups is 1. The lowest BCUT2D eigenvalue weighted by Crippen LogP contribution is -2.20. The van der Waals surface area contributed by atoms with Crippen LogP contribution in [0.25, 0.3) is 5.95 Å². The number of aromatic nitrogens is 4. The molecule has 0 aliphatic heterocycles. The van der Waals surface area contributed by atoms with Crippen LogP contribution in [0.1, 0.15) is 5.82 Å². The molecule has 0 fully saturated rings. The van der Waals surface area contributed by atoms with Crippen molar-refractivity contribution in [2.75, 3.05) is 10.6 Å². The lowest BCUT2D eigenvalue weighted by atomic mass is 10.3. The molecule has 2 aromatic heterocycles. The fourth-order valence-corrected chi connectivity index (χ4v) is 2.14. The van der Waals surface area contributed by atoms with E-state index in [1.807, 2.05) is 6.92 Å². The third-order valence-electron chi connectivity index (χ3n) is 3.25. The van der Waals surface area contributed by atoms with Crippen LogP contribution >= 0.6 is 0 Å². The number of rotatable bonds is 5. The number of alkyl halides is 2. The van der Waals surface area contributed by atoms with Gasteiger partial charge in [-0.1, -0.05) is 6.07 Å². The average molecular weight is 360 g/mol. The lowest BCUT2D eigenvalue weighted by molar-refractivity contribution is -0.0497. The maximum Gasteiger partial charge on any atom is 0.387 e. The molecule has 0 aliphatic carbocycles. The molecule has 0 radical (unpaired) electrons. The highest BCUT2D eigenvalue weighted by molar-refractivity contribution is 5.99. The Morgan fingerprint density at radius 1 is 1.15 bits per heavy atom. The summed E-state index contributed by atoms with van der Waals surface area (Å²) in [7, 11) is 0. The molecule has 3 rings (SSSR count). The van der Waals surface area contributed by atoms with Crippen LogP contribution in [-0.4, -0.2) is 32.2 Å². The Morgan fingerprint density at radius 2 is 1.88 bits per heavy atom. The number of carbonyl (C=O) groups excluding carboxylic acids is 1. The van der Waals surface area contributed by atoms with Gasteiger partial charge in [0, 0.05) is 24.1 Å².